The Kier molecular flexibility index (Phi) is 7.82. The molecule has 1 N–H and O–H groups in total. The number of ether oxygens (including phenoxy) is 2. The van der Waals surface area contributed by atoms with Crippen LogP contribution in [0.15, 0.2) is 0 Å². The molecule has 18 heavy (non-hydrogen) atoms. The van der Waals surface area contributed by atoms with Crippen LogP contribution in [-0.2, 0) is 9.47 Å². The SMILES string of the molecule is COCCOCCN1CC(CC(C)C)NCC1C. The Morgan fingerprint density at radius 2 is 2.06 bits per heavy atom. The minimum atomic E-state index is 0.611. The van der Waals surface area contributed by atoms with Gasteiger partial charge in [-0.1, -0.05) is 13.8 Å². The molecule has 2 unspecified atom stereocenters. The lowest BCUT2D eigenvalue weighted by Crippen LogP contribution is -2.56. The second kappa shape index (κ2) is 8.86. The summed E-state index contributed by atoms with van der Waals surface area (Å²) >= 11 is 0. The topological polar surface area (TPSA) is 33.7 Å². The molecule has 0 amide bonds. The summed E-state index contributed by atoms with van der Waals surface area (Å²) in [7, 11) is 1.71. The quantitative estimate of drug-likeness (QED) is 0.667. The van der Waals surface area contributed by atoms with Crippen molar-refractivity contribution < 1.29 is 9.47 Å². The third-order valence-electron chi connectivity index (χ3n) is 3.49. The van der Waals surface area contributed by atoms with Gasteiger partial charge in [-0.25, -0.2) is 0 Å². The van der Waals surface area contributed by atoms with E-state index in [1.807, 2.05) is 0 Å². The van der Waals surface area contributed by atoms with E-state index < -0.39 is 0 Å². The molecule has 2 atom stereocenters. The fourth-order valence-electron chi connectivity index (χ4n) is 2.46. The molecule has 0 aliphatic carbocycles. The van der Waals surface area contributed by atoms with Crippen LogP contribution in [0.1, 0.15) is 27.2 Å². The van der Waals surface area contributed by atoms with Crippen LogP contribution in [0.4, 0.5) is 0 Å². The number of nitrogens with zero attached hydrogens (tertiary/aromatic N) is 1. The van der Waals surface area contributed by atoms with Crippen LogP contribution < -0.4 is 5.32 Å². The number of piperazine rings is 1. The first-order valence-electron chi connectivity index (χ1n) is 7.17. The molecule has 0 aromatic heterocycles. The van der Waals surface area contributed by atoms with E-state index in [4.69, 9.17) is 9.47 Å². The molecule has 108 valence electrons. The molecule has 0 radical (unpaired) electrons. The number of rotatable bonds is 8. The minimum Gasteiger partial charge on any atom is -0.382 e. The smallest absolute Gasteiger partial charge is 0.0700 e. The lowest BCUT2D eigenvalue weighted by molar-refractivity contribution is 0.0407. The summed E-state index contributed by atoms with van der Waals surface area (Å²) < 4.78 is 10.5. The van der Waals surface area contributed by atoms with Gasteiger partial charge in [0.1, 0.15) is 0 Å². The van der Waals surface area contributed by atoms with Gasteiger partial charge in [0.2, 0.25) is 0 Å². The van der Waals surface area contributed by atoms with Gasteiger partial charge in [-0.15, -0.1) is 0 Å². The fraction of sp³-hybridized carbons (Fsp3) is 1.00. The van der Waals surface area contributed by atoms with Gasteiger partial charge >= 0.3 is 0 Å². The molecule has 1 saturated heterocycles. The largest absolute Gasteiger partial charge is 0.382 e. The van der Waals surface area contributed by atoms with Crippen LogP contribution in [0.3, 0.4) is 0 Å². The third kappa shape index (κ3) is 6.14. The van der Waals surface area contributed by atoms with Crippen molar-refractivity contribution in [1.29, 1.82) is 0 Å². The normalized spacial score (nSPS) is 25.8. The van der Waals surface area contributed by atoms with Gasteiger partial charge in [-0.3, -0.25) is 4.90 Å². The Hall–Kier alpha value is -0.160. The summed E-state index contributed by atoms with van der Waals surface area (Å²) in [5.74, 6) is 0.760. The average Bonchev–Trinajstić information content (AvgIpc) is 2.32. The number of hydrogen-bond acceptors (Lipinski definition) is 4. The maximum Gasteiger partial charge on any atom is 0.0700 e. The summed E-state index contributed by atoms with van der Waals surface area (Å²) in [6.07, 6.45) is 1.26. The highest BCUT2D eigenvalue weighted by atomic mass is 16.5. The zero-order valence-corrected chi connectivity index (χ0v) is 12.4. The van der Waals surface area contributed by atoms with Crippen molar-refractivity contribution in [3.8, 4) is 0 Å². The van der Waals surface area contributed by atoms with Crippen molar-refractivity contribution in [2.75, 3.05) is 46.6 Å². The molecule has 1 fully saturated rings. The third-order valence-corrected chi connectivity index (χ3v) is 3.49. The summed E-state index contributed by atoms with van der Waals surface area (Å²) in [5, 5.41) is 3.64. The Morgan fingerprint density at radius 1 is 1.28 bits per heavy atom. The van der Waals surface area contributed by atoms with E-state index in [1.165, 1.54) is 6.42 Å². The van der Waals surface area contributed by atoms with E-state index >= 15 is 0 Å². The van der Waals surface area contributed by atoms with Crippen LogP contribution >= 0.6 is 0 Å². The standard InChI is InChI=1S/C14H30N2O2/c1-12(2)9-14-11-16(13(3)10-15-14)5-6-18-8-7-17-4/h12-15H,5-11H2,1-4H3. The van der Waals surface area contributed by atoms with Gasteiger partial charge in [-0.2, -0.15) is 0 Å². The van der Waals surface area contributed by atoms with Gasteiger partial charge in [0.25, 0.3) is 0 Å². The molecule has 1 aliphatic rings. The van der Waals surface area contributed by atoms with E-state index in [0.717, 1.165) is 32.2 Å². The van der Waals surface area contributed by atoms with E-state index in [2.05, 4.69) is 31.0 Å². The maximum atomic E-state index is 5.55. The first kappa shape index (κ1) is 15.9. The molecule has 4 heteroatoms. The van der Waals surface area contributed by atoms with Gasteiger partial charge in [0.15, 0.2) is 0 Å². The lowest BCUT2D eigenvalue weighted by Gasteiger charge is -2.39. The van der Waals surface area contributed by atoms with Crippen LogP contribution in [0, 0.1) is 5.92 Å². The molecule has 1 heterocycles. The highest BCUT2D eigenvalue weighted by molar-refractivity contribution is 4.84. The van der Waals surface area contributed by atoms with Crippen LogP contribution in [0.25, 0.3) is 0 Å². The van der Waals surface area contributed by atoms with Gasteiger partial charge < -0.3 is 14.8 Å². The molecule has 1 rings (SSSR count). The number of methoxy groups -OCH3 is 1. The summed E-state index contributed by atoms with van der Waals surface area (Å²) in [6.45, 7) is 12.3. The van der Waals surface area contributed by atoms with E-state index in [0.29, 0.717) is 25.3 Å². The predicted molar refractivity (Wildman–Crippen MR) is 75.0 cm³/mol. The molecular weight excluding hydrogens is 228 g/mol. The van der Waals surface area contributed by atoms with Gasteiger partial charge in [-0.05, 0) is 19.3 Å². The Bertz CT molecular complexity index is 212. The Labute approximate surface area is 112 Å². The van der Waals surface area contributed by atoms with Crippen molar-refractivity contribution in [2.45, 2.75) is 39.3 Å². The fourth-order valence-corrected chi connectivity index (χ4v) is 2.46. The summed E-state index contributed by atoms with van der Waals surface area (Å²) in [6, 6.07) is 1.25. The highest BCUT2D eigenvalue weighted by Gasteiger charge is 2.24. The Morgan fingerprint density at radius 3 is 2.72 bits per heavy atom. The van der Waals surface area contributed by atoms with Crippen molar-refractivity contribution in [2.24, 2.45) is 5.92 Å². The van der Waals surface area contributed by atoms with Crippen LogP contribution in [0.2, 0.25) is 0 Å². The molecule has 1 aliphatic heterocycles. The van der Waals surface area contributed by atoms with Gasteiger partial charge in [0.05, 0.1) is 19.8 Å². The Balaban J connectivity index is 2.20. The van der Waals surface area contributed by atoms with Crippen molar-refractivity contribution >= 4 is 0 Å². The second-order valence-electron chi connectivity index (χ2n) is 5.68. The molecule has 0 aromatic rings. The molecule has 4 nitrogen and oxygen atoms in total. The average molecular weight is 258 g/mol. The van der Waals surface area contributed by atoms with Gasteiger partial charge in [0, 0.05) is 38.8 Å². The van der Waals surface area contributed by atoms with E-state index in [-0.39, 0.29) is 0 Å². The van der Waals surface area contributed by atoms with Crippen LogP contribution in [-0.4, -0.2) is 63.5 Å². The highest BCUT2D eigenvalue weighted by Crippen LogP contribution is 2.12. The zero-order chi connectivity index (χ0) is 13.4. The lowest BCUT2D eigenvalue weighted by atomic mass is 10.0. The van der Waals surface area contributed by atoms with Crippen molar-refractivity contribution in [3.05, 3.63) is 0 Å². The van der Waals surface area contributed by atoms with E-state index in [9.17, 15) is 0 Å². The number of hydrogen-bond donors (Lipinski definition) is 1. The molecular formula is C14H30N2O2. The summed E-state index contributed by atoms with van der Waals surface area (Å²) in [4.78, 5) is 2.54. The number of nitrogens with one attached hydrogen (secondary N) is 1. The minimum absolute atomic E-state index is 0.611. The molecule has 0 aromatic carbocycles. The summed E-state index contributed by atoms with van der Waals surface area (Å²) in [5.41, 5.74) is 0. The first-order valence-corrected chi connectivity index (χ1v) is 7.17. The van der Waals surface area contributed by atoms with Crippen molar-refractivity contribution in [1.82, 2.24) is 10.2 Å². The zero-order valence-electron chi connectivity index (χ0n) is 12.4. The van der Waals surface area contributed by atoms with Crippen molar-refractivity contribution in [3.63, 3.8) is 0 Å². The molecule has 0 spiro atoms. The monoisotopic (exact) mass is 258 g/mol. The molecule has 0 saturated carbocycles. The second-order valence-corrected chi connectivity index (χ2v) is 5.68. The predicted octanol–water partition coefficient (Wildman–Crippen LogP) is 1.36. The van der Waals surface area contributed by atoms with Crippen LogP contribution in [0.5, 0.6) is 0 Å². The van der Waals surface area contributed by atoms with E-state index in [1.54, 1.807) is 7.11 Å². The molecule has 0 bridgehead atoms. The first-order chi connectivity index (χ1) is 8.63. The maximum absolute atomic E-state index is 5.55.